The molecule has 0 aliphatic rings. The number of hydrogen-bond donors (Lipinski definition) is 1. The van der Waals surface area contributed by atoms with E-state index in [0.29, 0.717) is 22.0 Å². The van der Waals surface area contributed by atoms with Gasteiger partial charge in [0.05, 0.1) is 11.6 Å². The lowest BCUT2D eigenvalue weighted by Gasteiger charge is -2.20. The lowest BCUT2D eigenvalue weighted by atomic mass is 10.1. The predicted molar refractivity (Wildman–Crippen MR) is 108 cm³/mol. The van der Waals surface area contributed by atoms with E-state index < -0.39 is 0 Å². The number of hydrogen-bond acceptors (Lipinski definition) is 2. The molecule has 1 N–H and O–H groups in total. The molecule has 0 bridgehead atoms. The van der Waals surface area contributed by atoms with Crippen LogP contribution >= 0.6 is 11.6 Å². The monoisotopic (exact) mass is 377 g/mol. The molecule has 0 saturated heterocycles. The summed E-state index contributed by atoms with van der Waals surface area (Å²) in [6.07, 6.45) is 0. The molecular weight excluding hydrogens is 358 g/mol. The second-order valence-corrected chi connectivity index (χ2v) is 6.90. The maximum atomic E-state index is 12.7. The first-order chi connectivity index (χ1) is 12.9. The summed E-state index contributed by atoms with van der Waals surface area (Å²) < 4.78 is 2.01. The molecule has 27 heavy (non-hydrogen) atoms. The van der Waals surface area contributed by atoms with Gasteiger partial charge in [0, 0.05) is 16.3 Å². The standard InChI is InChI=1S/C22H20ClN3O/c1-14-15(2)26(16(3)17-7-5-4-6-8-17)21(20(14)13-24)25-22(27)18-9-11-19(23)12-10-18/h4-12,16H,1-3H3,(H,25,27)/t16-/m1/s1. The van der Waals surface area contributed by atoms with Crippen LogP contribution in [0.2, 0.25) is 5.02 Å². The average Bonchev–Trinajstić information content (AvgIpc) is 2.92. The third-order valence-corrected chi connectivity index (χ3v) is 5.13. The van der Waals surface area contributed by atoms with E-state index in [1.165, 1.54) is 0 Å². The van der Waals surface area contributed by atoms with Crippen molar-refractivity contribution in [2.75, 3.05) is 5.32 Å². The smallest absolute Gasteiger partial charge is 0.256 e. The average molecular weight is 378 g/mol. The highest BCUT2D eigenvalue weighted by atomic mass is 35.5. The van der Waals surface area contributed by atoms with Gasteiger partial charge in [-0.2, -0.15) is 5.26 Å². The first-order valence-electron chi connectivity index (χ1n) is 8.67. The van der Waals surface area contributed by atoms with Crippen molar-refractivity contribution in [3.05, 3.63) is 87.6 Å². The highest BCUT2D eigenvalue weighted by Crippen LogP contribution is 2.33. The van der Waals surface area contributed by atoms with Gasteiger partial charge in [0.15, 0.2) is 0 Å². The molecule has 0 spiro atoms. The van der Waals surface area contributed by atoms with Crippen LogP contribution < -0.4 is 5.32 Å². The van der Waals surface area contributed by atoms with E-state index in [-0.39, 0.29) is 11.9 Å². The molecule has 0 fully saturated rings. The molecule has 0 aliphatic carbocycles. The Morgan fingerprint density at radius 2 is 1.74 bits per heavy atom. The number of anilines is 1. The summed E-state index contributed by atoms with van der Waals surface area (Å²) in [4.78, 5) is 12.7. The highest BCUT2D eigenvalue weighted by Gasteiger charge is 2.23. The zero-order valence-electron chi connectivity index (χ0n) is 15.5. The van der Waals surface area contributed by atoms with Gasteiger partial charge in [-0.25, -0.2) is 0 Å². The number of nitrogens with zero attached hydrogens (tertiary/aromatic N) is 2. The van der Waals surface area contributed by atoms with Gasteiger partial charge in [0.1, 0.15) is 11.9 Å². The maximum Gasteiger partial charge on any atom is 0.256 e. The molecule has 5 heteroatoms. The van der Waals surface area contributed by atoms with Gasteiger partial charge in [-0.1, -0.05) is 41.9 Å². The van der Waals surface area contributed by atoms with Gasteiger partial charge in [-0.05, 0) is 56.2 Å². The van der Waals surface area contributed by atoms with Crippen molar-refractivity contribution in [1.82, 2.24) is 4.57 Å². The minimum atomic E-state index is -0.276. The number of amides is 1. The van der Waals surface area contributed by atoms with Gasteiger partial charge in [0.2, 0.25) is 0 Å². The summed E-state index contributed by atoms with van der Waals surface area (Å²) in [5, 5.41) is 13.2. The largest absolute Gasteiger partial charge is 0.323 e. The van der Waals surface area contributed by atoms with E-state index in [9.17, 15) is 10.1 Å². The number of nitrogens with one attached hydrogen (secondary N) is 1. The van der Waals surface area contributed by atoms with Gasteiger partial charge in [-0.15, -0.1) is 0 Å². The summed E-state index contributed by atoms with van der Waals surface area (Å²) in [6, 6.07) is 18.9. The molecule has 1 aromatic heterocycles. The van der Waals surface area contributed by atoms with Gasteiger partial charge < -0.3 is 9.88 Å². The fraction of sp³-hybridized carbons (Fsp3) is 0.182. The zero-order chi connectivity index (χ0) is 19.6. The fourth-order valence-corrected chi connectivity index (χ4v) is 3.36. The lowest BCUT2D eigenvalue weighted by molar-refractivity contribution is 0.102. The number of halogens is 1. The first-order valence-corrected chi connectivity index (χ1v) is 9.05. The number of rotatable bonds is 4. The van der Waals surface area contributed by atoms with Crippen LogP contribution in [0.25, 0.3) is 0 Å². The maximum absolute atomic E-state index is 12.7. The molecule has 0 saturated carbocycles. The van der Waals surface area contributed by atoms with E-state index in [2.05, 4.69) is 18.3 Å². The third kappa shape index (κ3) is 3.60. The van der Waals surface area contributed by atoms with Gasteiger partial charge in [0.25, 0.3) is 5.91 Å². The van der Waals surface area contributed by atoms with E-state index >= 15 is 0 Å². The number of carbonyl (C=O) groups excluding carboxylic acids is 1. The second kappa shape index (κ2) is 7.69. The molecule has 3 aromatic rings. The van der Waals surface area contributed by atoms with Crippen LogP contribution in [0, 0.1) is 25.2 Å². The minimum Gasteiger partial charge on any atom is -0.323 e. The van der Waals surface area contributed by atoms with Crippen molar-refractivity contribution >= 4 is 23.3 Å². The molecule has 1 amide bonds. The van der Waals surface area contributed by atoms with E-state index in [4.69, 9.17) is 11.6 Å². The molecule has 3 rings (SSSR count). The lowest BCUT2D eigenvalue weighted by Crippen LogP contribution is -2.18. The minimum absolute atomic E-state index is 0.0347. The van der Waals surface area contributed by atoms with E-state index in [1.807, 2.05) is 48.7 Å². The molecular formula is C22H20ClN3O. The molecule has 4 nitrogen and oxygen atoms in total. The van der Waals surface area contributed by atoms with Crippen LogP contribution in [0.3, 0.4) is 0 Å². The molecule has 1 heterocycles. The van der Waals surface area contributed by atoms with Crippen LogP contribution in [-0.2, 0) is 0 Å². The van der Waals surface area contributed by atoms with Crippen LogP contribution in [0.1, 0.15) is 45.7 Å². The first kappa shape index (κ1) is 18.8. The Morgan fingerprint density at radius 3 is 2.33 bits per heavy atom. The molecule has 1 atom stereocenters. The summed E-state index contributed by atoms with van der Waals surface area (Å²) in [5.41, 5.74) is 3.89. The Kier molecular flexibility index (Phi) is 5.34. The number of benzene rings is 2. The zero-order valence-corrected chi connectivity index (χ0v) is 16.2. The summed E-state index contributed by atoms with van der Waals surface area (Å²) in [6.45, 7) is 5.93. The molecule has 0 aliphatic heterocycles. The van der Waals surface area contributed by atoms with Crippen molar-refractivity contribution in [3.63, 3.8) is 0 Å². The Balaban J connectivity index is 2.06. The number of aromatic nitrogens is 1. The van der Waals surface area contributed by atoms with Crippen LogP contribution in [-0.4, -0.2) is 10.5 Å². The van der Waals surface area contributed by atoms with E-state index in [1.54, 1.807) is 24.3 Å². The van der Waals surface area contributed by atoms with Crippen molar-refractivity contribution in [1.29, 1.82) is 5.26 Å². The normalized spacial score (nSPS) is 11.7. The summed E-state index contributed by atoms with van der Waals surface area (Å²) in [5.74, 6) is 0.242. The van der Waals surface area contributed by atoms with Gasteiger partial charge in [-0.3, -0.25) is 4.79 Å². The van der Waals surface area contributed by atoms with Crippen LogP contribution in [0.15, 0.2) is 54.6 Å². The molecule has 2 aromatic carbocycles. The van der Waals surface area contributed by atoms with Crippen molar-refractivity contribution < 1.29 is 4.79 Å². The molecule has 136 valence electrons. The summed E-state index contributed by atoms with van der Waals surface area (Å²) >= 11 is 5.90. The van der Waals surface area contributed by atoms with Crippen molar-refractivity contribution in [2.45, 2.75) is 26.8 Å². The highest BCUT2D eigenvalue weighted by molar-refractivity contribution is 6.30. The van der Waals surface area contributed by atoms with Crippen molar-refractivity contribution in [2.24, 2.45) is 0 Å². The van der Waals surface area contributed by atoms with Gasteiger partial charge >= 0.3 is 0 Å². The Bertz CT molecular complexity index is 1010. The SMILES string of the molecule is Cc1c(C#N)c(NC(=O)c2ccc(Cl)cc2)n([C@H](C)c2ccccc2)c1C. The topological polar surface area (TPSA) is 57.8 Å². The summed E-state index contributed by atoms with van der Waals surface area (Å²) in [7, 11) is 0. The second-order valence-electron chi connectivity index (χ2n) is 6.46. The number of nitriles is 1. The number of carbonyl (C=O) groups is 1. The van der Waals surface area contributed by atoms with Crippen molar-refractivity contribution in [3.8, 4) is 6.07 Å². The van der Waals surface area contributed by atoms with Crippen LogP contribution in [0.5, 0.6) is 0 Å². The Labute approximate surface area is 164 Å². The van der Waals surface area contributed by atoms with Crippen LogP contribution in [0.4, 0.5) is 5.82 Å². The quantitative estimate of drug-likeness (QED) is 0.653. The third-order valence-electron chi connectivity index (χ3n) is 4.88. The fourth-order valence-electron chi connectivity index (χ4n) is 3.23. The van der Waals surface area contributed by atoms with E-state index in [0.717, 1.165) is 16.8 Å². The predicted octanol–water partition coefficient (Wildman–Crippen LogP) is 5.49. The Morgan fingerprint density at radius 1 is 1.11 bits per heavy atom. The molecule has 0 unspecified atom stereocenters. The molecule has 0 radical (unpaired) electrons. The Hall–Kier alpha value is -3.03.